The van der Waals surface area contributed by atoms with Gasteiger partial charge in [-0.15, -0.1) is 0 Å². The number of hydrogen-bond donors (Lipinski definition) is 3. The fourth-order valence-corrected chi connectivity index (χ4v) is 11.3. The standard InChI is InChI=1S/C40H59NO11.CH4O3S/c1-19-11-24-5-7-28-20(2)12-26(45-28)9-10-40-17-33-36(51-40)37-38(50-33)39(52-40)35-29(49-37)8-6-25(47-35)13-22(42)14-27-31(16-30(46-24)21(19)3)48-32(34(27)44-4)15-23(43)18-41;1-5(2,3)4/h19,23-39,43H,2-3,5-18,41H2,1,4H3;1H3,(H,2,3,4)/t19-,23+,24?,25-,26+,27+,28+,29+,30-,31+,32-,33-,34-,35+,36+,37+,38-,39+,40+;/m1./s1. The molecule has 1 spiro atoms. The van der Waals surface area contributed by atoms with Crippen LogP contribution in [0.2, 0.25) is 0 Å². The number of hydrogen-bond acceptors (Lipinski definition) is 14. The monoisotopic (exact) mass is 825 g/mol. The molecule has 4 N–H and O–H groups in total. The summed E-state index contributed by atoms with van der Waals surface area (Å²) in [6, 6.07) is 0. The van der Waals surface area contributed by atoms with Crippen LogP contribution in [0.25, 0.3) is 0 Å². The number of carbonyl (C=O) groups is 1. The molecule has 10 rings (SSSR count). The first-order valence-electron chi connectivity index (χ1n) is 21.1. The van der Waals surface area contributed by atoms with E-state index in [1.54, 1.807) is 7.11 Å². The molecule has 10 aliphatic heterocycles. The highest BCUT2D eigenvalue weighted by Crippen LogP contribution is 2.54. The second-order valence-corrected chi connectivity index (χ2v) is 19.6. The number of ketones is 1. The maximum atomic E-state index is 14.1. The van der Waals surface area contributed by atoms with Gasteiger partial charge in [-0.25, -0.2) is 0 Å². The molecule has 0 aromatic heterocycles. The molecule has 1 unspecified atom stereocenters. The van der Waals surface area contributed by atoms with Gasteiger partial charge in [-0.05, 0) is 62.0 Å². The zero-order valence-electron chi connectivity index (χ0n) is 33.5. The third-order valence-electron chi connectivity index (χ3n) is 14.0. The topological polar surface area (TPSA) is 201 Å². The van der Waals surface area contributed by atoms with Crippen molar-refractivity contribution in [1.82, 2.24) is 0 Å². The van der Waals surface area contributed by atoms with Gasteiger partial charge in [0.25, 0.3) is 10.1 Å². The van der Waals surface area contributed by atoms with Crippen molar-refractivity contribution in [3.8, 4) is 0 Å². The number of ether oxygens (including phenoxy) is 9. The van der Waals surface area contributed by atoms with E-state index in [1.807, 2.05) is 0 Å². The summed E-state index contributed by atoms with van der Waals surface area (Å²) in [4.78, 5) is 14.1. The molecule has 322 valence electrons. The molecule has 0 aliphatic carbocycles. The number of rotatable bonds is 4. The van der Waals surface area contributed by atoms with Crippen LogP contribution in [-0.4, -0.2) is 147 Å². The summed E-state index contributed by atoms with van der Waals surface area (Å²) in [5.74, 6) is -0.619. The Morgan fingerprint density at radius 3 is 2.26 bits per heavy atom. The zero-order valence-corrected chi connectivity index (χ0v) is 34.3. The summed E-state index contributed by atoms with van der Waals surface area (Å²) in [5.41, 5.74) is 8.01. The average Bonchev–Trinajstić information content (AvgIpc) is 3.82. The lowest BCUT2D eigenvalue weighted by Crippen LogP contribution is -2.61. The van der Waals surface area contributed by atoms with Crippen LogP contribution in [0.4, 0.5) is 0 Å². The number of Topliss-reactive ketones (excluding diaryl/α,β-unsaturated/α-hetero) is 1. The summed E-state index contributed by atoms with van der Waals surface area (Å²) in [7, 11) is -2.01. The minimum Gasteiger partial charge on any atom is -0.392 e. The average molecular weight is 826 g/mol. The van der Waals surface area contributed by atoms with Crippen LogP contribution >= 0.6 is 0 Å². The van der Waals surface area contributed by atoms with Crippen LogP contribution in [-0.2, 0) is 57.5 Å². The molecule has 16 heteroatoms. The third-order valence-corrected chi connectivity index (χ3v) is 14.0. The number of nitrogens with two attached hydrogens (primary N) is 1. The van der Waals surface area contributed by atoms with Crippen LogP contribution in [0.5, 0.6) is 0 Å². The summed E-state index contributed by atoms with van der Waals surface area (Å²) < 4.78 is 85.9. The van der Waals surface area contributed by atoms with Crippen molar-refractivity contribution in [2.75, 3.05) is 19.9 Å². The van der Waals surface area contributed by atoms with Gasteiger partial charge in [0.1, 0.15) is 36.3 Å². The molecule has 19 atom stereocenters. The molecule has 10 fully saturated rings. The Balaban J connectivity index is 0.000000859. The second-order valence-electron chi connectivity index (χ2n) is 18.2. The van der Waals surface area contributed by atoms with Gasteiger partial charge in [0.2, 0.25) is 0 Å². The predicted molar refractivity (Wildman–Crippen MR) is 204 cm³/mol. The van der Waals surface area contributed by atoms with Gasteiger partial charge in [-0.1, -0.05) is 20.1 Å². The molecule has 0 saturated carbocycles. The molecule has 15 nitrogen and oxygen atoms in total. The van der Waals surface area contributed by atoms with Crippen LogP contribution < -0.4 is 5.73 Å². The molecule has 10 aliphatic rings. The van der Waals surface area contributed by atoms with E-state index in [1.165, 1.54) is 0 Å². The summed E-state index contributed by atoms with van der Waals surface area (Å²) >= 11 is 0. The highest BCUT2D eigenvalue weighted by atomic mass is 32.2. The van der Waals surface area contributed by atoms with Crippen LogP contribution in [0.3, 0.4) is 0 Å². The number of fused-ring (bicyclic) bond motifs is 6. The van der Waals surface area contributed by atoms with Crippen molar-refractivity contribution in [1.29, 1.82) is 0 Å². The van der Waals surface area contributed by atoms with E-state index in [9.17, 15) is 18.3 Å². The largest absolute Gasteiger partial charge is 0.392 e. The van der Waals surface area contributed by atoms with E-state index < -0.39 is 28.1 Å². The molecule has 10 heterocycles. The first-order chi connectivity index (χ1) is 27.1. The number of methoxy groups -OCH3 is 1. The Labute approximate surface area is 336 Å². The van der Waals surface area contributed by atoms with E-state index in [4.69, 9.17) is 52.9 Å². The Hall–Kier alpha value is -1.38. The molecule has 12 bridgehead atoms. The minimum absolute atomic E-state index is 0.0158. The SMILES string of the molecule is C=C1C[C@@H]2CC[C@@]34C[C@H]5O[C@H]6[C@@H](O3)[C@H]3O[C@H](CC[C@@H]3O[C@H]6[C@H]5O4)CC(=O)C[C@@H]3[C@@H](OC)[C@@H](C[C@H](O)CN)O[C@H]3C[C@H]3OC(CC[C@@H]1O2)C[C@@H](C)C3=C.CS(=O)(=O)O. The van der Waals surface area contributed by atoms with Gasteiger partial charge >= 0.3 is 0 Å². The summed E-state index contributed by atoms with van der Waals surface area (Å²) in [6.07, 6.45) is 5.57. The molecule has 0 aromatic carbocycles. The van der Waals surface area contributed by atoms with Gasteiger partial charge in [-0.3, -0.25) is 9.35 Å². The summed E-state index contributed by atoms with van der Waals surface area (Å²) in [6.45, 7) is 11.3. The maximum Gasteiger partial charge on any atom is 0.261 e. The van der Waals surface area contributed by atoms with Gasteiger partial charge in [0, 0.05) is 58.1 Å². The molecular weight excluding hydrogens is 763 g/mol. The molecule has 0 amide bonds. The van der Waals surface area contributed by atoms with Crippen molar-refractivity contribution in [3.63, 3.8) is 0 Å². The fraction of sp³-hybridized carbons (Fsp3) is 0.878. The number of carbonyl (C=O) groups excluding carboxylic acids is 1. The van der Waals surface area contributed by atoms with Crippen LogP contribution in [0.1, 0.15) is 90.4 Å². The van der Waals surface area contributed by atoms with Gasteiger partial charge in [0.15, 0.2) is 5.79 Å². The molecular formula is C41H63NO14S. The maximum absolute atomic E-state index is 14.1. The van der Waals surface area contributed by atoms with Crippen molar-refractivity contribution in [3.05, 3.63) is 24.3 Å². The first kappa shape index (κ1) is 42.3. The van der Waals surface area contributed by atoms with E-state index in [0.29, 0.717) is 31.9 Å². The minimum atomic E-state index is -3.67. The lowest BCUT2D eigenvalue weighted by Gasteiger charge is -2.47. The normalized spacial score (nSPS) is 48.8. The molecule has 0 radical (unpaired) electrons. The Kier molecular flexibility index (Phi) is 12.5. The van der Waals surface area contributed by atoms with E-state index in [-0.39, 0.29) is 122 Å². The van der Waals surface area contributed by atoms with Crippen LogP contribution in [0.15, 0.2) is 24.3 Å². The summed E-state index contributed by atoms with van der Waals surface area (Å²) in [5, 5.41) is 10.5. The fourth-order valence-electron chi connectivity index (χ4n) is 11.3. The van der Waals surface area contributed by atoms with Gasteiger partial charge in [0.05, 0.1) is 73.4 Å². The van der Waals surface area contributed by atoms with E-state index in [0.717, 1.165) is 56.1 Å². The van der Waals surface area contributed by atoms with Gasteiger partial charge in [-0.2, -0.15) is 8.42 Å². The quantitative estimate of drug-likeness (QED) is 0.276. The molecule has 0 aromatic rings. The van der Waals surface area contributed by atoms with Crippen molar-refractivity contribution in [2.24, 2.45) is 17.6 Å². The first-order valence-corrected chi connectivity index (χ1v) is 22.9. The van der Waals surface area contributed by atoms with Gasteiger partial charge < -0.3 is 53.5 Å². The van der Waals surface area contributed by atoms with Crippen LogP contribution in [0, 0.1) is 11.8 Å². The highest BCUT2D eigenvalue weighted by Gasteiger charge is 2.68. The predicted octanol–water partition coefficient (Wildman–Crippen LogP) is 2.94. The van der Waals surface area contributed by atoms with E-state index in [2.05, 4.69) is 20.1 Å². The molecule has 10 saturated heterocycles. The smallest absolute Gasteiger partial charge is 0.261 e. The Morgan fingerprint density at radius 1 is 0.825 bits per heavy atom. The molecule has 57 heavy (non-hydrogen) atoms. The highest BCUT2D eigenvalue weighted by molar-refractivity contribution is 7.85. The number of aliphatic hydroxyl groups excluding tert-OH is 1. The van der Waals surface area contributed by atoms with Crippen molar-refractivity contribution < 1.29 is 65.5 Å². The Morgan fingerprint density at radius 2 is 1.51 bits per heavy atom. The lowest BCUT2D eigenvalue weighted by molar-refractivity contribution is -0.292. The van der Waals surface area contributed by atoms with E-state index >= 15 is 0 Å². The Bertz CT molecular complexity index is 1600. The van der Waals surface area contributed by atoms with Crippen molar-refractivity contribution in [2.45, 2.75) is 194 Å². The number of aliphatic hydroxyl groups is 1. The second kappa shape index (κ2) is 16.8. The lowest BCUT2D eigenvalue weighted by atomic mass is 9.81. The van der Waals surface area contributed by atoms with Crippen molar-refractivity contribution >= 4 is 15.9 Å². The third kappa shape index (κ3) is 9.00. The zero-order chi connectivity index (χ0) is 40.4.